The standard InChI is InChI=1S/C30H31FN4O5/c1-17(36)26-14-24(27-13-22(37)8-9-34(26)27)30(38)33-25-12-19(18(2)40-28-5-3-4-10-39-28)11-23(29(25)31)20-15-32-35(16-20)21-6-7-21/h8-9,11-16,18,21,28,37H,3-7,10H2,1-2H3,(H,33,38). The summed E-state index contributed by atoms with van der Waals surface area (Å²) in [5.41, 5.74) is 2.27. The zero-order valence-electron chi connectivity index (χ0n) is 22.4. The third kappa shape index (κ3) is 5.12. The molecule has 0 radical (unpaired) electrons. The number of carbonyl (C=O) groups is 2. The Hall–Kier alpha value is -4.02. The molecule has 10 heteroatoms. The van der Waals surface area contributed by atoms with E-state index in [4.69, 9.17) is 9.47 Å². The number of fused-ring (bicyclic) bond motifs is 1. The van der Waals surface area contributed by atoms with E-state index in [1.54, 1.807) is 18.3 Å². The highest BCUT2D eigenvalue weighted by atomic mass is 19.1. The lowest BCUT2D eigenvalue weighted by molar-refractivity contribution is -0.186. The van der Waals surface area contributed by atoms with Crippen LogP contribution in [0.2, 0.25) is 0 Å². The van der Waals surface area contributed by atoms with Gasteiger partial charge in [0.2, 0.25) is 0 Å². The number of amides is 1. The summed E-state index contributed by atoms with van der Waals surface area (Å²) in [7, 11) is 0. The lowest BCUT2D eigenvalue weighted by Crippen LogP contribution is -2.23. The summed E-state index contributed by atoms with van der Waals surface area (Å²) >= 11 is 0. The van der Waals surface area contributed by atoms with Crippen LogP contribution in [0.5, 0.6) is 5.75 Å². The summed E-state index contributed by atoms with van der Waals surface area (Å²) in [6.45, 7) is 3.90. The van der Waals surface area contributed by atoms with Crippen LogP contribution in [-0.4, -0.2) is 43.9 Å². The molecule has 2 unspecified atom stereocenters. The lowest BCUT2D eigenvalue weighted by atomic mass is 10.0. The monoisotopic (exact) mass is 546 g/mol. The predicted octanol–water partition coefficient (Wildman–Crippen LogP) is 6.04. The van der Waals surface area contributed by atoms with E-state index in [0.717, 1.165) is 32.1 Å². The van der Waals surface area contributed by atoms with Crippen molar-refractivity contribution in [3.05, 3.63) is 71.6 Å². The minimum absolute atomic E-state index is 0.0273. The third-order valence-electron chi connectivity index (χ3n) is 7.50. The van der Waals surface area contributed by atoms with Gasteiger partial charge in [-0.2, -0.15) is 5.10 Å². The van der Waals surface area contributed by atoms with Crippen molar-refractivity contribution in [3.8, 4) is 16.9 Å². The van der Waals surface area contributed by atoms with Crippen LogP contribution in [-0.2, 0) is 9.47 Å². The molecule has 4 heterocycles. The number of aromatic nitrogens is 3. The Kier molecular flexibility index (Phi) is 6.89. The second kappa shape index (κ2) is 10.5. The number of halogens is 1. The summed E-state index contributed by atoms with van der Waals surface area (Å²) in [5.74, 6) is -1.53. The molecule has 1 aliphatic heterocycles. The van der Waals surface area contributed by atoms with Crippen molar-refractivity contribution >= 4 is 22.9 Å². The molecule has 1 saturated carbocycles. The van der Waals surface area contributed by atoms with Crippen LogP contribution >= 0.6 is 0 Å². The van der Waals surface area contributed by atoms with E-state index in [1.807, 2.05) is 17.8 Å². The molecular formula is C30H31FN4O5. The van der Waals surface area contributed by atoms with Gasteiger partial charge in [0.15, 0.2) is 17.9 Å². The van der Waals surface area contributed by atoms with Gasteiger partial charge in [-0.3, -0.25) is 14.3 Å². The van der Waals surface area contributed by atoms with Gasteiger partial charge in [0.05, 0.1) is 40.8 Å². The summed E-state index contributed by atoms with van der Waals surface area (Å²) in [5, 5.41) is 17.2. The van der Waals surface area contributed by atoms with Gasteiger partial charge in [-0.1, -0.05) is 0 Å². The van der Waals surface area contributed by atoms with Crippen molar-refractivity contribution < 1.29 is 28.6 Å². The molecule has 2 N–H and O–H groups in total. The van der Waals surface area contributed by atoms with E-state index in [-0.39, 0.29) is 34.8 Å². The number of Topliss-reactive ketones (excluding diaryl/α,β-unsaturated/α-hetero) is 1. The number of benzene rings is 1. The number of hydrogen-bond acceptors (Lipinski definition) is 6. The second-order valence-corrected chi connectivity index (χ2v) is 10.5. The Bertz CT molecular complexity index is 1600. The molecule has 2 fully saturated rings. The third-order valence-corrected chi connectivity index (χ3v) is 7.50. The largest absolute Gasteiger partial charge is 0.508 e. The van der Waals surface area contributed by atoms with Gasteiger partial charge in [0, 0.05) is 43.1 Å². The average molecular weight is 547 g/mol. The normalized spacial score (nSPS) is 18.1. The van der Waals surface area contributed by atoms with Crippen LogP contribution in [0, 0.1) is 5.82 Å². The number of ether oxygens (including phenoxy) is 2. The lowest BCUT2D eigenvalue weighted by Gasteiger charge is -2.26. The second-order valence-electron chi connectivity index (χ2n) is 10.5. The number of pyridine rings is 1. The molecule has 9 nitrogen and oxygen atoms in total. The van der Waals surface area contributed by atoms with E-state index >= 15 is 4.39 Å². The molecule has 208 valence electrons. The maximum Gasteiger partial charge on any atom is 0.257 e. The van der Waals surface area contributed by atoms with E-state index in [2.05, 4.69) is 10.4 Å². The van der Waals surface area contributed by atoms with Gasteiger partial charge >= 0.3 is 0 Å². The highest BCUT2D eigenvalue weighted by Gasteiger charge is 2.27. The molecule has 3 aromatic heterocycles. The quantitative estimate of drug-likeness (QED) is 0.261. The van der Waals surface area contributed by atoms with Gasteiger partial charge in [0.1, 0.15) is 5.75 Å². The molecule has 1 amide bonds. The minimum Gasteiger partial charge on any atom is -0.508 e. The average Bonchev–Trinajstić information content (AvgIpc) is 3.54. The van der Waals surface area contributed by atoms with Crippen LogP contribution in [0.1, 0.15) is 84.5 Å². The summed E-state index contributed by atoms with van der Waals surface area (Å²) < 4.78 is 31.3. The highest BCUT2D eigenvalue weighted by Crippen LogP contribution is 2.38. The summed E-state index contributed by atoms with van der Waals surface area (Å²) in [6.07, 6.45) is 9.05. The predicted molar refractivity (Wildman–Crippen MR) is 146 cm³/mol. The fourth-order valence-corrected chi connectivity index (χ4v) is 5.15. The summed E-state index contributed by atoms with van der Waals surface area (Å²) in [6, 6.07) is 7.89. The first-order valence-corrected chi connectivity index (χ1v) is 13.6. The van der Waals surface area contributed by atoms with Crippen LogP contribution in [0.25, 0.3) is 16.6 Å². The molecule has 40 heavy (non-hydrogen) atoms. The fourth-order valence-electron chi connectivity index (χ4n) is 5.15. The van der Waals surface area contributed by atoms with Crippen LogP contribution in [0.3, 0.4) is 0 Å². The fraction of sp³-hybridized carbons (Fsp3) is 0.367. The van der Waals surface area contributed by atoms with Crippen molar-refractivity contribution in [2.75, 3.05) is 11.9 Å². The van der Waals surface area contributed by atoms with Gasteiger partial charge < -0.3 is 24.3 Å². The Labute approximate surface area is 230 Å². The molecule has 2 aliphatic rings. The molecule has 2 atom stereocenters. The number of hydrogen-bond donors (Lipinski definition) is 2. The van der Waals surface area contributed by atoms with Crippen molar-refractivity contribution in [2.24, 2.45) is 0 Å². The van der Waals surface area contributed by atoms with E-state index in [1.165, 1.54) is 35.7 Å². The van der Waals surface area contributed by atoms with Gasteiger partial charge in [-0.15, -0.1) is 0 Å². The van der Waals surface area contributed by atoms with Crippen LogP contribution in [0.15, 0.2) is 48.9 Å². The van der Waals surface area contributed by atoms with Crippen LogP contribution in [0.4, 0.5) is 10.1 Å². The number of carbonyl (C=O) groups excluding carboxylic acids is 2. The molecule has 6 rings (SSSR count). The molecule has 1 saturated heterocycles. The number of anilines is 1. The maximum atomic E-state index is 16.1. The molecule has 0 spiro atoms. The van der Waals surface area contributed by atoms with Gasteiger partial charge in [-0.25, -0.2) is 4.39 Å². The number of rotatable bonds is 8. The maximum absolute atomic E-state index is 16.1. The smallest absolute Gasteiger partial charge is 0.257 e. The summed E-state index contributed by atoms with van der Waals surface area (Å²) in [4.78, 5) is 25.7. The van der Waals surface area contributed by atoms with Gasteiger partial charge in [0.25, 0.3) is 5.91 Å². The Morgan fingerprint density at radius 1 is 1.20 bits per heavy atom. The number of nitrogens with zero attached hydrogens (tertiary/aromatic N) is 3. The molecule has 4 aromatic rings. The first kappa shape index (κ1) is 26.2. The van der Waals surface area contributed by atoms with Crippen molar-refractivity contribution in [3.63, 3.8) is 0 Å². The van der Waals surface area contributed by atoms with E-state index in [0.29, 0.717) is 34.9 Å². The molecule has 0 bridgehead atoms. The van der Waals surface area contributed by atoms with Gasteiger partial charge in [-0.05, 0) is 68.9 Å². The minimum atomic E-state index is -0.615. The Balaban J connectivity index is 1.38. The Morgan fingerprint density at radius 3 is 2.75 bits per heavy atom. The zero-order valence-corrected chi connectivity index (χ0v) is 22.4. The molecule has 1 aliphatic carbocycles. The SMILES string of the molecule is CC(=O)c1cc(C(=O)Nc2cc(C(C)OC3CCCCO3)cc(-c3cnn(C4CC4)c3)c2F)c2cc(O)ccn12. The number of ketones is 1. The molecular weight excluding hydrogens is 515 g/mol. The highest BCUT2D eigenvalue weighted by molar-refractivity contribution is 6.11. The molecule has 1 aromatic carbocycles. The first-order valence-electron chi connectivity index (χ1n) is 13.6. The van der Waals surface area contributed by atoms with Crippen LogP contribution < -0.4 is 5.32 Å². The Morgan fingerprint density at radius 2 is 2.02 bits per heavy atom. The van der Waals surface area contributed by atoms with Crippen molar-refractivity contribution in [2.45, 2.75) is 64.4 Å². The first-order chi connectivity index (χ1) is 19.3. The topological polar surface area (TPSA) is 107 Å². The van der Waals surface area contributed by atoms with Crippen molar-refractivity contribution in [1.29, 1.82) is 0 Å². The zero-order chi connectivity index (χ0) is 28.0. The number of nitrogens with one attached hydrogen (secondary N) is 1. The van der Waals surface area contributed by atoms with E-state index in [9.17, 15) is 14.7 Å². The number of aromatic hydroxyl groups is 1. The van der Waals surface area contributed by atoms with E-state index < -0.39 is 17.8 Å². The van der Waals surface area contributed by atoms with Crippen molar-refractivity contribution in [1.82, 2.24) is 14.2 Å².